The third-order valence-corrected chi connectivity index (χ3v) is 1.87. The summed E-state index contributed by atoms with van der Waals surface area (Å²) in [5.74, 6) is -0.457. The minimum absolute atomic E-state index is 0.215. The van der Waals surface area contributed by atoms with Crippen molar-refractivity contribution in [2.75, 3.05) is 6.61 Å². The fourth-order valence-electron chi connectivity index (χ4n) is 0.784. The van der Waals surface area contributed by atoms with Crippen LogP contribution in [0, 0.1) is 6.92 Å². The van der Waals surface area contributed by atoms with Gasteiger partial charge in [0, 0.05) is 6.20 Å². The van der Waals surface area contributed by atoms with Gasteiger partial charge in [-0.3, -0.25) is 0 Å². The molecule has 0 fully saturated rings. The summed E-state index contributed by atoms with van der Waals surface area (Å²) < 4.78 is 5.20. The van der Waals surface area contributed by atoms with E-state index in [1.807, 2.05) is 0 Å². The highest BCUT2D eigenvalue weighted by Gasteiger charge is 2.13. The Morgan fingerprint density at radius 2 is 2.38 bits per heavy atom. The van der Waals surface area contributed by atoms with Gasteiger partial charge in [0.2, 0.25) is 0 Å². The third-order valence-electron chi connectivity index (χ3n) is 1.32. The molecule has 5 heteroatoms. The van der Waals surface area contributed by atoms with E-state index in [9.17, 15) is 4.79 Å². The zero-order valence-corrected chi connectivity index (χ0v) is 8.96. The van der Waals surface area contributed by atoms with Crippen LogP contribution in [0.2, 0.25) is 0 Å². The summed E-state index contributed by atoms with van der Waals surface area (Å²) in [6, 6.07) is 0. The monoisotopic (exact) mass is 244 g/mol. The lowest BCUT2D eigenvalue weighted by molar-refractivity contribution is 0.0517. The minimum Gasteiger partial charge on any atom is -0.461 e. The number of ether oxygens (including phenoxy) is 1. The van der Waals surface area contributed by atoms with Crippen molar-refractivity contribution in [2.24, 2.45) is 0 Å². The van der Waals surface area contributed by atoms with Crippen LogP contribution in [0.4, 0.5) is 0 Å². The maximum atomic E-state index is 11.2. The van der Waals surface area contributed by atoms with E-state index in [-0.39, 0.29) is 5.69 Å². The second-order valence-electron chi connectivity index (χ2n) is 2.37. The van der Waals surface area contributed by atoms with Crippen LogP contribution in [0.15, 0.2) is 10.8 Å². The number of nitrogens with zero attached hydrogens (tertiary/aromatic N) is 2. The second-order valence-corrected chi connectivity index (χ2v) is 3.12. The van der Waals surface area contributed by atoms with Gasteiger partial charge >= 0.3 is 5.97 Å². The van der Waals surface area contributed by atoms with E-state index in [1.165, 1.54) is 6.20 Å². The molecule has 13 heavy (non-hydrogen) atoms. The fraction of sp³-hybridized carbons (Fsp3) is 0.375. The molecule has 0 bridgehead atoms. The molecule has 0 aromatic carbocycles. The van der Waals surface area contributed by atoms with Gasteiger partial charge in [-0.05, 0) is 29.8 Å². The van der Waals surface area contributed by atoms with Gasteiger partial charge in [0.05, 0.1) is 12.3 Å². The standard InChI is InChI=1S/C8H9BrN2O2/c1-3-13-8(12)6-7(9)11-5(2)4-10-6/h4H,3H2,1-2H3. The Morgan fingerprint density at radius 1 is 1.69 bits per heavy atom. The lowest BCUT2D eigenvalue weighted by Gasteiger charge is -2.02. The fourth-order valence-corrected chi connectivity index (χ4v) is 1.33. The first-order chi connectivity index (χ1) is 6.15. The van der Waals surface area contributed by atoms with Crippen molar-refractivity contribution in [3.8, 4) is 0 Å². The number of carbonyl (C=O) groups excluding carboxylic acids is 1. The zero-order chi connectivity index (χ0) is 9.84. The topological polar surface area (TPSA) is 52.1 Å². The Labute approximate surface area is 84.5 Å². The summed E-state index contributed by atoms with van der Waals surface area (Å²) in [4.78, 5) is 19.2. The summed E-state index contributed by atoms with van der Waals surface area (Å²) in [5.41, 5.74) is 0.965. The van der Waals surface area contributed by atoms with E-state index in [0.717, 1.165) is 5.69 Å². The molecule has 0 aliphatic rings. The summed E-state index contributed by atoms with van der Waals surface area (Å²) >= 11 is 3.14. The average Bonchev–Trinajstić information content (AvgIpc) is 2.04. The van der Waals surface area contributed by atoms with Crippen molar-refractivity contribution in [1.82, 2.24) is 9.97 Å². The lowest BCUT2D eigenvalue weighted by atomic mass is 10.4. The van der Waals surface area contributed by atoms with E-state index in [2.05, 4.69) is 25.9 Å². The summed E-state index contributed by atoms with van der Waals surface area (Å²) in [6.45, 7) is 3.88. The van der Waals surface area contributed by atoms with Crippen molar-refractivity contribution in [3.63, 3.8) is 0 Å². The van der Waals surface area contributed by atoms with Gasteiger partial charge in [0.15, 0.2) is 5.69 Å². The van der Waals surface area contributed by atoms with Crippen LogP contribution in [0.3, 0.4) is 0 Å². The number of hydrogen-bond donors (Lipinski definition) is 0. The molecule has 0 spiro atoms. The second kappa shape index (κ2) is 4.32. The number of halogens is 1. The molecule has 0 amide bonds. The number of rotatable bonds is 2. The quantitative estimate of drug-likeness (QED) is 0.744. The van der Waals surface area contributed by atoms with Gasteiger partial charge < -0.3 is 4.74 Å². The number of carbonyl (C=O) groups is 1. The molecule has 0 aliphatic heterocycles. The van der Waals surface area contributed by atoms with Crippen molar-refractivity contribution >= 4 is 21.9 Å². The van der Waals surface area contributed by atoms with Crippen LogP contribution < -0.4 is 0 Å². The number of hydrogen-bond acceptors (Lipinski definition) is 4. The Hall–Kier alpha value is -0.970. The van der Waals surface area contributed by atoms with Crippen molar-refractivity contribution < 1.29 is 9.53 Å². The van der Waals surface area contributed by atoms with E-state index in [1.54, 1.807) is 13.8 Å². The highest BCUT2D eigenvalue weighted by molar-refractivity contribution is 9.10. The van der Waals surface area contributed by atoms with Gasteiger partial charge in [-0.25, -0.2) is 14.8 Å². The molecule has 1 rings (SSSR count). The maximum absolute atomic E-state index is 11.2. The summed E-state index contributed by atoms with van der Waals surface area (Å²) in [7, 11) is 0. The zero-order valence-electron chi connectivity index (χ0n) is 7.37. The van der Waals surface area contributed by atoms with Crippen molar-refractivity contribution in [1.29, 1.82) is 0 Å². The molecular formula is C8H9BrN2O2. The Morgan fingerprint density at radius 3 is 2.92 bits per heavy atom. The van der Waals surface area contributed by atoms with E-state index in [4.69, 9.17) is 4.74 Å². The minimum atomic E-state index is -0.457. The average molecular weight is 245 g/mol. The molecule has 0 radical (unpaired) electrons. The molecule has 0 saturated carbocycles. The molecular weight excluding hydrogens is 236 g/mol. The maximum Gasteiger partial charge on any atom is 0.359 e. The first-order valence-electron chi connectivity index (χ1n) is 3.81. The first-order valence-corrected chi connectivity index (χ1v) is 4.60. The Kier molecular flexibility index (Phi) is 3.36. The van der Waals surface area contributed by atoms with Gasteiger partial charge in [-0.15, -0.1) is 0 Å². The smallest absolute Gasteiger partial charge is 0.359 e. The molecule has 70 valence electrons. The highest BCUT2D eigenvalue weighted by atomic mass is 79.9. The van der Waals surface area contributed by atoms with E-state index >= 15 is 0 Å². The summed E-state index contributed by atoms with van der Waals surface area (Å²) in [5, 5.41) is 0. The number of esters is 1. The first kappa shape index (κ1) is 10.1. The molecule has 0 aliphatic carbocycles. The van der Waals surface area contributed by atoms with E-state index < -0.39 is 5.97 Å². The molecule has 1 aromatic rings. The van der Waals surface area contributed by atoms with Crippen molar-refractivity contribution in [3.05, 3.63) is 22.2 Å². The molecule has 4 nitrogen and oxygen atoms in total. The molecule has 1 aromatic heterocycles. The van der Waals surface area contributed by atoms with Crippen LogP contribution in [-0.2, 0) is 4.74 Å². The van der Waals surface area contributed by atoms with Crippen LogP contribution in [0.5, 0.6) is 0 Å². The molecule has 0 unspecified atom stereocenters. The normalized spacial score (nSPS) is 9.77. The molecule has 1 heterocycles. The van der Waals surface area contributed by atoms with Crippen LogP contribution >= 0.6 is 15.9 Å². The highest BCUT2D eigenvalue weighted by Crippen LogP contribution is 2.12. The summed E-state index contributed by atoms with van der Waals surface area (Å²) in [6.07, 6.45) is 1.52. The largest absolute Gasteiger partial charge is 0.461 e. The Bertz CT molecular complexity index is 328. The van der Waals surface area contributed by atoms with Gasteiger partial charge in [0.1, 0.15) is 4.60 Å². The van der Waals surface area contributed by atoms with Crippen LogP contribution in [0.25, 0.3) is 0 Å². The predicted molar refractivity (Wildman–Crippen MR) is 50.4 cm³/mol. The molecule has 0 saturated heterocycles. The van der Waals surface area contributed by atoms with Gasteiger partial charge in [-0.2, -0.15) is 0 Å². The van der Waals surface area contributed by atoms with Crippen LogP contribution in [0.1, 0.15) is 23.1 Å². The third kappa shape index (κ3) is 2.48. The van der Waals surface area contributed by atoms with Gasteiger partial charge in [0.25, 0.3) is 0 Å². The number of aryl methyl sites for hydroxylation is 1. The van der Waals surface area contributed by atoms with Gasteiger partial charge in [-0.1, -0.05) is 0 Å². The molecule has 0 atom stereocenters. The van der Waals surface area contributed by atoms with E-state index in [0.29, 0.717) is 11.2 Å². The Balaban J connectivity index is 2.95. The SMILES string of the molecule is CCOC(=O)c1ncc(C)nc1Br. The lowest BCUT2D eigenvalue weighted by Crippen LogP contribution is -2.09. The molecule has 0 N–H and O–H groups in total. The predicted octanol–water partition coefficient (Wildman–Crippen LogP) is 1.72. The van der Waals surface area contributed by atoms with Crippen molar-refractivity contribution in [2.45, 2.75) is 13.8 Å². The van der Waals surface area contributed by atoms with Crippen LogP contribution in [-0.4, -0.2) is 22.5 Å². The number of aromatic nitrogens is 2.